The number of nitrogens with one attached hydrogen (secondary N) is 4. The number of benzene rings is 1. The number of aromatic amines is 1. The van der Waals surface area contributed by atoms with Crippen molar-refractivity contribution < 1.29 is 18.8 Å². The van der Waals surface area contributed by atoms with E-state index in [1.165, 1.54) is 11.8 Å². The number of aromatic nitrogens is 5. The molecule has 5 aliphatic heterocycles. The Bertz CT molecular complexity index is 2250. The monoisotopic (exact) mass is 829 g/mol. The number of piperidine rings is 4. The van der Waals surface area contributed by atoms with Crippen LogP contribution < -0.4 is 16.0 Å². The van der Waals surface area contributed by atoms with Crippen LogP contribution >= 0.6 is 0 Å². The third-order valence-corrected chi connectivity index (χ3v) is 14.1. The Labute approximate surface area is 356 Å². The molecular weight excluding hydrogens is 774 g/mol. The van der Waals surface area contributed by atoms with Gasteiger partial charge in [-0.25, -0.2) is 4.39 Å². The molecule has 4 N–H and O–H groups in total. The highest BCUT2D eigenvalue weighted by atomic mass is 19.1. The number of hydrogen-bond donors (Lipinski definition) is 4. The van der Waals surface area contributed by atoms with E-state index >= 15 is 4.39 Å². The SMILES string of the molecule is CCC1(c2ccccn2)CCN(C2(c3cnn(C4CCN(C(=O)CN5CCC(c6ccc(NC7CCC(=O)NC7=O)cc6F)CC5)CC4)c3)C=CC(c3cn[nH]c3)=CN2)CC1. The lowest BCUT2D eigenvalue weighted by molar-refractivity contribution is -0.135. The number of allylic oxidation sites excluding steroid dienone is 2. The fraction of sp³-hybridized carbons (Fsp3) is 0.478. The second-order valence-electron chi connectivity index (χ2n) is 17.4. The fourth-order valence-corrected chi connectivity index (χ4v) is 10.2. The highest BCUT2D eigenvalue weighted by Crippen LogP contribution is 2.42. The number of anilines is 1. The van der Waals surface area contributed by atoms with Gasteiger partial charge in [-0.2, -0.15) is 10.2 Å². The number of halogens is 1. The topological polar surface area (TPSA) is 156 Å². The van der Waals surface area contributed by atoms with E-state index in [2.05, 4.69) is 84.2 Å². The van der Waals surface area contributed by atoms with Crippen LogP contribution in [-0.4, -0.2) is 109 Å². The minimum atomic E-state index is -0.566. The summed E-state index contributed by atoms with van der Waals surface area (Å²) in [7, 11) is 0. The molecule has 0 aliphatic carbocycles. The van der Waals surface area contributed by atoms with Crippen LogP contribution in [0, 0.1) is 5.82 Å². The molecule has 9 rings (SSSR count). The summed E-state index contributed by atoms with van der Waals surface area (Å²) in [6.45, 7) is 7.25. The molecule has 15 heteroatoms. The molecule has 4 fully saturated rings. The normalized spacial score (nSPS) is 24.3. The minimum absolute atomic E-state index is 0.0506. The van der Waals surface area contributed by atoms with Crippen molar-refractivity contribution in [3.63, 3.8) is 0 Å². The summed E-state index contributed by atoms with van der Waals surface area (Å²) in [5, 5.41) is 21.3. The highest BCUT2D eigenvalue weighted by molar-refractivity contribution is 6.01. The summed E-state index contributed by atoms with van der Waals surface area (Å²) in [5.41, 5.74) is 5.03. The summed E-state index contributed by atoms with van der Waals surface area (Å²) in [4.78, 5) is 48.7. The molecule has 4 aromatic rings. The van der Waals surface area contributed by atoms with E-state index in [9.17, 15) is 14.4 Å². The standard InChI is InChI=1S/C46H56FN11O3/c1-2-45(41-5-3-4-18-48-41)16-23-57(24-17-45)46(15-10-33(26-49-46)34-27-50-51-28-34)35-29-52-58(30-35)37-13-21-56(22-14-37)43(60)31-55-19-11-32(12-20-55)38-7-6-36(25-39(38)47)53-40-8-9-42(59)54-44(40)61/h3-7,10,15,18,25-30,32,37,40,49,53H,2,8-9,11-14,16-17,19-24,31H2,1H3,(H,50,51)(H,54,59,61). The molecular formula is C46H56FN11O3. The van der Waals surface area contributed by atoms with Crippen molar-refractivity contribution in [1.82, 2.24) is 50.3 Å². The molecule has 61 heavy (non-hydrogen) atoms. The molecule has 1 aromatic carbocycles. The lowest BCUT2D eigenvalue weighted by Gasteiger charge is -2.49. The van der Waals surface area contributed by atoms with Crippen LogP contribution in [0.1, 0.15) is 99.1 Å². The Balaban J connectivity index is 0.791. The van der Waals surface area contributed by atoms with E-state index < -0.39 is 11.7 Å². The van der Waals surface area contributed by atoms with E-state index in [1.807, 2.05) is 35.8 Å². The Morgan fingerprint density at radius 2 is 1.80 bits per heavy atom. The number of hydrogen-bond acceptors (Lipinski definition) is 10. The first-order valence-electron chi connectivity index (χ1n) is 22.0. The molecule has 0 spiro atoms. The van der Waals surface area contributed by atoms with Crippen molar-refractivity contribution >= 4 is 29.0 Å². The van der Waals surface area contributed by atoms with Crippen LogP contribution in [-0.2, 0) is 25.5 Å². The number of imide groups is 1. The zero-order valence-electron chi connectivity index (χ0n) is 34.9. The van der Waals surface area contributed by atoms with Crippen LogP contribution in [0.25, 0.3) is 5.57 Å². The summed E-state index contributed by atoms with van der Waals surface area (Å²) < 4.78 is 17.4. The molecule has 3 aromatic heterocycles. The number of likely N-dealkylation sites (tertiary alicyclic amines) is 3. The molecule has 0 saturated carbocycles. The van der Waals surface area contributed by atoms with Crippen LogP contribution in [0.3, 0.4) is 0 Å². The Kier molecular flexibility index (Phi) is 11.6. The van der Waals surface area contributed by atoms with Crippen molar-refractivity contribution in [2.45, 2.75) is 93.8 Å². The second kappa shape index (κ2) is 17.4. The minimum Gasteiger partial charge on any atom is -0.374 e. The largest absolute Gasteiger partial charge is 0.374 e. The van der Waals surface area contributed by atoms with Crippen molar-refractivity contribution in [2.24, 2.45) is 0 Å². The van der Waals surface area contributed by atoms with Crippen molar-refractivity contribution in [3.8, 4) is 0 Å². The van der Waals surface area contributed by atoms with Crippen molar-refractivity contribution in [3.05, 3.63) is 114 Å². The van der Waals surface area contributed by atoms with Gasteiger partial charge in [-0.3, -0.25) is 44.3 Å². The number of H-pyrrole nitrogens is 1. The summed E-state index contributed by atoms with van der Waals surface area (Å²) in [6, 6.07) is 10.9. The summed E-state index contributed by atoms with van der Waals surface area (Å²) in [5.74, 6) is -0.767. The predicted octanol–water partition coefficient (Wildman–Crippen LogP) is 5.20. The van der Waals surface area contributed by atoms with E-state index in [0.29, 0.717) is 37.3 Å². The van der Waals surface area contributed by atoms with E-state index in [-0.39, 0.29) is 47.3 Å². The first-order chi connectivity index (χ1) is 29.7. The maximum Gasteiger partial charge on any atom is 0.249 e. The van der Waals surface area contributed by atoms with Gasteiger partial charge in [0.05, 0.1) is 25.0 Å². The fourth-order valence-electron chi connectivity index (χ4n) is 10.2. The zero-order valence-corrected chi connectivity index (χ0v) is 34.9. The Morgan fingerprint density at radius 1 is 0.984 bits per heavy atom. The zero-order chi connectivity index (χ0) is 42.0. The van der Waals surface area contributed by atoms with E-state index in [1.54, 1.807) is 12.1 Å². The first kappa shape index (κ1) is 40.7. The van der Waals surface area contributed by atoms with Crippen molar-refractivity contribution in [1.29, 1.82) is 0 Å². The number of amides is 3. The van der Waals surface area contributed by atoms with Gasteiger partial charge in [0.25, 0.3) is 0 Å². The molecule has 4 saturated heterocycles. The van der Waals surface area contributed by atoms with Crippen LogP contribution in [0.15, 0.2) is 85.7 Å². The maximum absolute atomic E-state index is 15.3. The van der Waals surface area contributed by atoms with Gasteiger partial charge < -0.3 is 15.5 Å². The molecule has 320 valence electrons. The molecule has 5 aliphatic rings. The lowest BCUT2D eigenvalue weighted by atomic mass is 9.72. The molecule has 3 amide bonds. The smallest absolute Gasteiger partial charge is 0.249 e. The number of pyridine rings is 1. The van der Waals surface area contributed by atoms with Crippen molar-refractivity contribution in [2.75, 3.05) is 51.1 Å². The second-order valence-corrected chi connectivity index (χ2v) is 17.4. The van der Waals surface area contributed by atoms with Gasteiger partial charge in [-0.05, 0) is 106 Å². The maximum atomic E-state index is 15.3. The third kappa shape index (κ3) is 8.37. The number of carbonyl (C=O) groups is 3. The molecule has 2 unspecified atom stereocenters. The highest BCUT2D eigenvalue weighted by Gasteiger charge is 2.45. The lowest BCUT2D eigenvalue weighted by Crippen LogP contribution is -2.58. The first-order valence-corrected chi connectivity index (χ1v) is 22.0. The van der Waals surface area contributed by atoms with Gasteiger partial charge in [0, 0.05) is 90.9 Å². The number of dihydropyridines is 1. The molecule has 8 heterocycles. The van der Waals surface area contributed by atoms with Crippen LogP contribution in [0.2, 0.25) is 0 Å². The van der Waals surface area contributed by atoms with E-state index in [4.69, 9.17) is 10.1 Å². The van der Waals surface area contributed by atoms with Gasteiger partial charge >= 0.3 is 0 Å². The molecule has 2 atom stereocenters. The average molecular weight is 830 g/mol. The molecule has 14 nitrogen and oxygen atoms in total. The quantitative estimate of drug-likeness (QED) is 0.148. The van der Waals surface area contributed by atoms with Gasteiger partial charge in [0.15, 0.2) is 0 Å². The predicted molar refractivity (Wildman–Crippen MR) is 229 cm³/mol. The number of rotatable bonds is 11. The third-order valence-electron chi connectivity index (χ3n) is 14.1. The van der Waals surface area contributed by atoms with Gasteiger partial charge in [0.2, 0.25) is 17.7 Å². The summed E-state index contributed by atoms with van der Waals surface area (Å²) in [6.07, 6.45) is 23.3. The van der Waals surface area contributed by atoms with E-state index in [0.717, 1.165) is 87.8 Å². The summed E-state index contributed by atoms with van der Waals surface area (Å²) >= 11 is 0. The van der Waals surface area contributed by atoms with Gasteiger partial charge in [-0.1, -0.05) is 25.1 Å². The average Bonchev–Trinajstić information content (AvgIpc) is 4.03. The Morgan fingerprint density at radius 3 is 2.48 bits per heavy atom. The molecule has 0 bridgehead atoms. The van der Waals surface area contributed by atoms with Crippen LogP contribution in [0.4, 0.5) is 10.1 Å². The molecule has 0 radical (unpaired) electrons. The Hall–Kier alpha value is -5.67. The van der Waals surface area contributed by atoms with Gasteiger partial charge in [0.1, 0.15) is 17.5 Å². The van der Waals surface area contributed by atoms with Gasteiger partial charge in [-0.15, -0.1) is 0 Å². The number of carbonyl (C=O) groups excluding carboxylic acids is 3. The van der Waals surface area contributed by atoms with Crippen LogP contribution in [0.5, 0.6) is 0 Å². The number of nitrogens with zero attached hydrogens (tertiary/aromatic N) is 7.